The molecule has 1 heterocycles. The highest BCUT2D eigenvalue weighted by atomic mass is 79.9. The molecule has 0 atom stereocenters. The van der Waals surface area contributed by atoms with Gasteiger partial charge in [-0.2, -0.15) is 5.10 Å². The number of halogens is 1. The smallest absolute Gasteiger partial charge is 0.128 e. The lowest BCUT2D eigenvalue weighted by Gasteiger charge is -2.06. The molecule has 0 aliphatic rings. The van der Waals surface area contributed by atoms with E-state index in [0.29, 0.717) is 6.54 Å². The number of methoxy groups -OCH3 is 1. The normalized spacial score (nSPS) is 10.6. The molecule has 0 radical (unpaired) electrons. The van der Waals surface area contributed by atoms with E-state index in [1.807, 2.05) is 31.3 Å². The molecule has 1 aromatic carbocycles. The summed E-state index contributed by atoms with van der Waals surface area (Å²) in [4.78, 5) is 0. The van der Waals surface area contributed by atoms with Gasteiger partial charge in [0.15, 0.2) is 0 Å². The zero-order valence-corrected chi connectivity index (χ0v) is 11.4. The lowest BCUT2D eigenvalue weighted by atomic mass is 10.1. The Labute approximate surface area is 109 Å². The third-order valence-electron chi connectivity index (χ3n) is 2.62. The molecule has 0 unspecified atom stereocenters. The third kappa shape index (κ3) is 2.35. The number of rotatable bonds is 3. The number of hydrogen-bond acceptors (Lipinski definition) is 3. The van der Waals surface area contributed by atoms with Crippen molar-refractivity contribution in [1.29, 1.82) is 0 Å². The minimum absolute atomic E-state index is 0.472. The maximum atomic E-state index is 5.64. The van der Waals surface area contributed by atoms with E-state index in [2.05, 4.69) is 21.0 Å². The van der Waals surface area contributed by atoms with Gasteiger partial charge in [0.1, 0.15) is 5.75 Å². The standard InChI is InChI=1S/C12H14BrN3O/c1-16-9(7-14)6-11(15-16)10-5-8(13)3-4-12(10)17-2/h3-6H,7,14H2,1-2H3. The van der Waals surface area contributed by atoms with Gasteiger partial charge < -0.3 is 10.5 Å². The van der Waals surface area contributed by atoms with Crippen molar-refractivity contribution in [1.82, 2.24) is 9.78 Å². The fraction of sp³-hybridized carbons (Fsp3) is 0.250. The highest BCUT2D eigenvalue weighted by molar-refractivity contribution is 9.10. The molecule has 17 heavy (non-hydrogen) atoms. The maximum Gasteiger partial charge on any atom is 0.128 e. The minimum Gasteiger partial charge on any atom is -0.496 e. The van der Waals surface area contributed by atoms with Gasteiger partial charge in [-0.1, -0.05) is 15.9 Å². The van der Waals surface area contributed by atoms with Crippen molar-refractivity contribution in [2.75, 3.05) is 7.11 Å². The molecule has 0 bridgehead atoms. The van der Waals surface area contributed by atoms with Crippen LogP contribution in [0.4, 0.5) is 0 Å². The van der Waals surface area contributed by atoms with Crippen LogP contribution in [0, 0.1) is 0 Å². The largest absolute Gasteiger partial charge is 0.496 e. The Morgan fingerprint density at radius 3 is 2.76 bits per heavy atom. The number of hydrogen-bond donors (Lipinski definition) is 1. The summed E-state index contributed by atoms with van der Waals surface area (Å²) in [7, 11) is 3.54. The molecule has 0 aliphatic carbocycles. The SMILES string of the molecule is COc1ccc(Br)cc1-c1cc(CN)n(C)n1. The Hall–Kier alpha value is -1.33. The second-order valence-corrected chi connectivity index (χ2v) is 4.61. The Bertz CT molecular complexity index is 537. The monoisotopic (exact) mass is 295 g/mol. The van der Waals surface area contributed by atoms with Gasteiger partial charge in [0.2, 0.25) is 0 Å². The molecular formula is C12H14BrN3O. The van der Waals surface area contributed by atoms with Crippen molar-refractivity contribution in [3.8, 4) is 17.0 Å². The van der Waals surface area contributed by atoms with Gasteiger partial charge >= 0.3 is 0 Å². The van der Waals surface area contributed by atoms with Gasteiger partial charge in [-0.25, -0.2) is 0 Å². The first kappa shape index (κ1) is 12.1. The third-order valence-corrected chi connectivity index (χ3v) is 3.12. The average molecular weight is 296 g/mol. The van der Waals surface area contributed by atoms with Crippen molar-refractivity contribution >= 4 is 15.9 Å². The van der Waals surface area contributed by atoms with Crippen LogP contribution in [0.15, 0.2) is 28.7 Å². The zero-order chi connectivity index (χ0) is 12.4. The average Bonchev–Trinajstić information content (AvgIpc) is 2.70. The van der Waals surface area contributed by atoms with E-state index in [4.69, 9.17) is 10.5 Å². The topological polar surface area (TPSA) is 53.1 Å². The molecule has 4 nitrogen and oxygen atoms in total. The van der Waals surface area contributed by atoms with Gasteiger partial charge in [0.05, 0.1) is 18.5 Å². The zero-order valence-electron chi connectivity index (χ0n) is 9.77. The van der Waals surface area contributed by atoms with Crippen molar-refractivity contribution in [2.45, 2.75) is 6.54 Å². The quantitative estimate of drug-likeness (QED) is 0.945. The number of aromatic nitrogens is 2. The molecule has 0 amide bonds. The summed E-state index contributed by atoms with van der Waals surface area (Å²) in [5.41, 5.74) is 8.45. The molecule has 0 saturated heterocycles. The van der Waals surface area contributed by atoms with Crippen LogP contribution >= 0.6 is 15.9 Å². The predicted octanol–water partition coefficient (Wildman–Crippen LogP) is 2.32. The molecule has 5 heteroatoms. The van der Waals surface area contributed by atoms with Crippen LogP contribution in [0.1, 0.15) is 5.69 Å². The van der Waals surface area contributed by atoms with Crippen molar-refractivity contribution in [3.63, 3.8) is 0 Å². The second kappa shape index (κ2) is 4.89. The summed E-state index contributed by atoms with van der Waals surface area (Å²) in [5.74, 6) is 0.801. The molecule has 0 saturated carbocycles. The first-order chi connectivity index (χ1) is 8.15. The molecular weight excluding hydrogens is 282 g/mol. The van der Waals surface area contributed by atoms with E-state index >= 15 is 0 Å². The van der Waals surface area contributed by atoms with E-state index < -0.39 is 0 Å². The summed E-state index contributed by atoms with van der Waals surface area (Å²) >= 11 is 3.45. The Morgan fingerprint density at radius 2 is 2.18 bits per heavy atom. The van der Waals surface area contributed by atoms with Gasteiger partial charge in [0, 0.05) is 23.6 Å². The summed E-state index contributed by atoms with van der Waals surface area (Å²) in [6.45, 7) is 0.472. The molecule has 0 spiro atoms. The molecule has 2 rings (SSSR count). The first-order valence-corrected chi connectivity index (χ1v) is 6.02. The van der Waals surface area contributed by atoms with Crippen molar-refractivity contribution < 1.29 is 4.74 Å². The van der Waals surface area contributed by atoms with Gasteiger partial charge in [-0.3, -0.25) is 4.68 Å². The molecule has 2 N–H and O–H groups in total. The van der Waals surface area contributed by atoms with E-state index in [0.717, 1.165) is 27.2 Å². The summed E-state index contributed by atoms with van der Waals surface area (Å²) in [5, 5.41) is 4.44. The molecule has 0 aliphatic heterocycles. The lowest BCUT2D eigenvalue weighted by molar-refractivity contribution is 0.416. The summed E-state index contributed by atoms with van der Waals surface area (Å²) < 4.78 is 8.12. The van der Waals surface area contributed by atoms with E-state index in [9.17, 15) is 0 Å². The fourth-order valence-corrected chi connectivity index (χ4v) is 2.07. The van der Waals surface area contributed by atoms with Crippen LogP contribution in [0.2, 0.25) is 0 Å². The Kier molecular flexibility index (Phi) is 3.49. The van der Waals surface area contributed by atoms with Crippen LogP contribution in [-0.4, -0.2) is 16.9 Å². The number of nitrogens with zero attached hydrogens (tertiary/aromatic N) is 2. The molecule has 1 aromatic heterocycles. The highest BCUT2D eigenvalue weighted by Gasteiger charge is 2.11. The van der Waals surface area contributed by atoms with Gasteiger partial charge in [-0.15, -0.1) is 0 Å². The van der Waals surface area contributed by atoms with Crippen LogP contribution < -0.4 is 10.5 Å². The van der Waals surface area contributed by atoms with E-state index in [1.165, 1.54) is 0 Å². The van der Waals surface area contributed by atoms with Crippen LogP contribution in [-0.2, 0) is 13.6 Å². The highest BCUT2D eigenvalue weighted by Crippen LogP contribution is 2.31. The Morgan fingerprint density at radius 1 is 1.41 bits per heavy atom. The van der Waals surface area contributed by atoms with Crippen LogP contribution in [0.5, 0.6) is 5.75 Å². The molecule has 90 valence electrons. The Balaban J connectivity index is 2.54. The number of ether oxygens (including phenoxy) is 1. The first-order valence-electron chi connectivity index (χ1n) is 5.22. The van der Waals surface area contributed by atoms with Crippen LogP contribution in [0.25, 0.3) is 11.3 Å². The lowest BCUT2D eigenvalue weighted by Crippen LogP contribution is -2.03. The predicted molar refractivity (Wildman–Crippen MR) is 70.8 cm³/mol. The number of nitrogens with two attached hydrogens (primary N) is 1. The number of benzene rings is 1. The minimum atomic E-state index is 0.472. The van der Waals surface area contributed by atoms with Crippen molar-refractivity contribution in [3.05, 3.63) is 34.4 Å². The van der Waals surface area contributed by atoms with E-state index in [1.54, 1.807) is 11.8 Å². The maximum absolute atomic E-state index is 5.64. The second-order valence-electron chi connectivity index (χ2n) is 3.69. The van der Waals surface area contributed by atoms with Gasteiger partial charge in [-0.05, 0) is 24.3 Å². The summed E-state index contributed by atoms with van der Waals surface area (Å²) in [6, 6.07) is 7.82. The fourth-order valence-electron chi connectivity index (χ4n) is 1.71. The number of aryl methyl sites for hydroxylation is 1. The molecule has 0 fully saturated rings. The van der Waals surface area contributed by atoms with Crippen molar-refractivity contribution in [2.24, 2.45) is 12.8 Å². The molecule has 2 aromatic rings. The van der Waals surface area contributed by atoms with E-state index in [-0.39, 0.29) is 0 Å². The van der Waals surface area contributed by atoms with Crippen LogP contribution in [0.3, 0.4) is 0 Å². The summed E-state index contributed by atoms with van der Waals surface area (Å²) in [6.07, 6.45) is 0. The van der Waals surface area contributed by atoms with Gasteiger partial charge in [0.25, 0.3) is 0 Å².